The first kappa shape index (κ1) is 14.3. The lowest BCUT2D eigenvalue weighted by molar-refractivity contribution is -0.304. The maximum absolute atomic E-state index is 11.8. The van der Waals surface area contributed by atoms with Gasteiger partial charge in [-0.2, -0.15) is 0 Å². The normalized spacial score (nSPS) is 10.4. The first-order chi connectivity index (χ1) is 9.56. The van der Waals surface area contributed by atoms with Crippen molar-refractivity contribution in [3.8, 4) is 0 Å². The predicted molar refractivity (Wildman–Crippen MR) is 74.3 cm³/mol. The van der Waals surface area contributed by atoms with E-state index in [9.17, 15) is 14.7 Å². The molecule has 6 heteroatoms. The first-order valence-corrected chi connectivity index (χ1v) is 7.01. The molecular weight excluding hydrogens is 276 g/mol. The van der Waals surface area contributed by atoms with E-state index in [1.165, 1.54) is 11.8 Å². The summed E-state index contributed by atoms with van der Waals surface area (Å²) >= 11 is 1.40. The lowest BCUT2D eigenvalue weighted by Gasteiger charge is -2.07. The number of hydrogen-bond donors (Lipinski definition) is 1. The maximum atomic E-state index is 11.8. The molecule has 1 N–H and O–H groups in total. The molecule has 1 aromatic carbocycles. The van der Waals surface area contributed by atoms with Gasteiger partial charge in [0.05, 0.1) is 0 Å². The van der Waals surface area contributed by atoms with Crippen LogP contribution in [0.2, 0.25) is 0 Å². The Morgan fingerprint density at radius 2 is 2.05 bits per heavy atom. The lowest BCUT2D eigenvalue weighted by atomic mass is 10.2. The van der Waals surface area contributed by atoms with Crippen LogP contribution in [0, 0.1) is 6.92 Å². The Hall–Kier alpha value is -2.08. The molecule has 0 saturated carbocycles. The van der Waals surface area contributed by atoms with Crippen molar-refractivity contribution in [2.45, 2.75) is 24.3 Å². The quantitative estimate of drug-likeness (QED) is 0.645. The molecule has 0 unspecified atom stereocenters. The van der Waals surface area contributed by atoms with Gasteiger partial charge < -0.3 is 14.9 Å². The largest absolute Gasteiger partial charge is 0.550 e. The summed E-state index contributed by atoms with van der Waals surface area (Å²) in [6.07, 6.45) is -0.419. The Morgan fingerprint density at radius 1 is 1.35 bits per heavy atom. The number of hydrogen-bond acceptors (Lipinski definition) is 5. The molecule has 0 fully saturated rings. The zero-order valence-electron chi connectivity index (χ0n) is 10.9. The van der Waals surface area contributed by atoms with E-state index in [0.29, 0.717) is 16.6 Å². The highest BCUT2D eigenvalue weighted by Crippen LogP contribution is 2.18. The van der Waals surface area contributed by atoms with E-state index >= 15 is 0 Å². The number of aryl methyl sites for hydroxylation is 1. The highest BCUT2D eigenvalue weighted by atomic mass is 32.2. The second-order valence-electron chi connectivity index (χ2n) is 4.26. The average molecular weight is 289 g/mol. The summed E-state index contributed by atoms with van der Waals surface area (Å²) in [5.41, 5.74) is 1.27. The first-order valence-electron chi connectivity index (χ1n) is 6.02. The predicted octanol–water partition coefficient (Wildman–Crippen LogP) is 0.663. The molecule has 0 spiro atoms. The van der Waals surface area contributed by atoms with Crippen molar-refractivity contribution in [3.05, 3.63) is 57.5 Å². The summed E-state index contributed by atoms with van der Waals surface area (Å²) in [7, 11) is 0. The number of carboxylic acid groups (broad SMARTS) is 1. The third kappa shape index (κ3) is 3.71. The van der Waals surface area contributed by atoms with Gasteiger partial charge in [0, 0.05) is 29.4 Å². The fourth-order valence-electron chi connectivity index (χ4n) is 1.73. The van der Waals surface area contributed by atoms with Crippen LogP contribution in [-0.2, 0) is 17.0 Å². The molecule has 0 aliphatic heterocycles. The minimum absolute atomic E-state index is 0.147. The van der Waals surface area contributed by atoms with Gasteiger partial charge in [-0.1, -0.05) is 42.1 Å². The second-order valence-corrected chi connectivity index (χ2v) is 5.22. The number of rotatable bonds is 5. The molecule has 1 aromatic heterocycles. The Bertz CT molecular complexity index is 668. The van der Waals surface area contributed by atoms with E-state index in [4.69, 9.17) is 0 Å². The van der Waals surface area contributed by atoms with Crippen molar-refractivity contribution in [1.29, 1.82) is 0 Å². The number of nitrogens with one attached hydrogen (secondary N) is 1. The van der Waals surface area contributed by atoms with Crippen molar-refractivity contribution < 1.29 is 9.90 Å². The fraction of sp³-hybridized carbons (Fsp3) is 0.214. The third-order valence-corrected chi connectivity index (χ3v) is 3.68. The van der Waals surface area contributed by atoms with Crippen molar-refractivity contribution in [2.24, 2.45) is 0 Å². The Morgan fingerprint density at radius 3 is 2.65 bits per heavy atom. The molecule has 0 amide bonds. The van der Waals surface area contributed by atoms with Crippen LogP contribution < -0.4 is 10.7 Å². The smallest absolute Gasteiger partial charge is 0.255 e. The summed E-state index contributed by atoms with van der Waals surface area (Å²) in [6, 6.07) is 9.80. The molecule has 0 saturated heterocycles. The van der Waals surface area contributed by atoms with Gasteiger partial charge in [-0.05, 0) is 12.5 Å². The molecule has 0 bridgehead atoms. The topological polar surface area (TPSA) is 85.9 Å². The van der Waals surface area contributed by atoms with Gasteiger partial charge in [-0.25, -0.2) is 4.98 Å². The van der Waals surface area contributed by atoms with Gasteiger partial charge in [0.15, 0.2) is 5.16 Å². The molecule has 20 heavy (non-hydrogen) atoms. The summed E-state index contributed by atoms with van der Waals surface area (Å²) in [6.45, 7) is 1.63. The number of carbonyl (C=O) groups excluding carboxylic acids is 1. The number of aromatic amines is 1. The van der Waals surface area contributed by atoms with Crippen LogP contribution in [0.25, 0.3) is 0 Å². The molecule has 0 radical (unpaired) electrons. The van der Waals surface area contributed by atoms with Crippen LogP contribution in [0.1, 0.15) is 16.8 Å². The molecule has 0 atom stereocenters. The zero-order chi connectivity index (χ0) is 14.5. The van der Waals surface area contributed by atoms with Crippen LogP contribution in [0.3, 0.4) is 0 Å². The van der Waals surface area contributed by atoms with Crippen molar-refractivity contribution in [1.82, 2.24) is 9.97 Å². The summed E-state index contributed by atoms with van der Waals surface area (Å²) < 4.78 is 0. The van der Waals surface area contributed by atoms with Crippen molar-refractivity contribution in [2.75, 3.05) is 0 Å². The fourth-order valence-corrected chi connectivity index (χ4v) is 2.59. The SMILES string of the molecule is Cc1nc(SCc2ccccc2)[nH]c(=O)c1CC(=O)[O-]. The van der Waals surface area contributed by atoms with E-state index in [2.05, 4.69) is 9.97 Å². The molecule has 2 aromatic rings. The number of carbonyl (C=O) groups is 1. The molecule has 5 nitrogen and oxygen atoms in total. The van der Waals surface area contributed by atoms with E-state index in [0.717, 1.165) is 5.56 Å². The minimum Gasteiger partial charge on any atom is -0.550 e. The number of benzene rings is 1. The highest BCUT2D eigenvalue weighted by Gasteiger charge is 2.09. The molecular formula is C14H13N2O3S-. The van der Waals surface area contributed by atoms with Crippen LogP contribution in [0.15, 0.2) is 40.3 Å². The van der Waals surface area contributed by atoms with Gasteiger partial charge in [0.2, 0.25) is 0 Å². The van der Waals surface area contributed by atoms with Crippen LogP contribution >= 0.6 is 11.8 Å². The molecule has 0 aliphatic carbocycles. The Kier molecular flexibility index (Phi) is 4.57. The summed E-state index contributed by atoms with van der Waals surface area (Å²) in [5, 5.41) is 11.1. The van der Waals surface area contributed by atoms with Crippen LogP contribution in [0.5, 0.6) is 0 Å². The molecule has 1 heterocycles. The Labute approximate surface area is 120 Å². The van der Waals surface area contributed by atoms with E-state index < -0.39 is 17.9 Å². The van der Waals surface area contributed by atoms with E-state index in [1.54, 1.807) is 6.92 Å². The van der Waals surface area contributed by atoms with Gasteiger partial charge in [-0.15, -0.1) is 0 Å². The standard InChI is InChI=1S/C14H14N2O3S/c1-9-11(7-12(17)18)13(19)16-14(15-9)20-8-10-5-3-2-4-6-10/h2-6H,7-8H2,1H3,(H,17,18)(H,15,16,19)/p-1. The number of nitrogens with zero attached hydrogens (tertiary/aromatic N) is 1. The van der Waals surface area contributed by atoms with Crippen molar-refractivity contribution >= 4 is 17.7 Å². The van der Waals surface area contributed by atoms with Gasteiger partial charge >= 0.3 is 0 Å². The highest BCUT2D eigenvalue weighted by molar-refractivity contribution is 7.98. The second kappa shape index (κ2) is 6.38. The van der Waals surface area contributed by atoms with Crippen LogP contribution in [-0.4, -0.2) is 15.9 Å². The maximum Gasteiger partial charge on any atom is 0.255 e. The Balaban J connectivity index is 2.14. The number of aliphatic carboxylic acids is 1. The van der Waals surface area contributed by atoms with Crippen molar-refractivity contribution in [3.63, 3.8) is 0 Å². The molecule has 2 rings (SSSR count). The third-order valence-electron chi connectivity index (χ3n) is 2.74. The van der Waals surface area contributed by atoms with Gasteiger partial charge in [0.1, 0.15) is 0 Å². The minimum atomic E-state index is -1.29. The molecule has 0 aliphatic rings. The molecule has 104 valence electrons. The lowest BCUT2D eigenvalue weighted by Crippen LogP contribution is -2.29. The zero-order valence-corrected chi connectivity index (χ0v) is 11.7. The number of aromatic nitrogens is 2. The van der Waals surface area contributed by atoms with E-state index in [-0.39, 0.29) is 5.56 Å². The van der Waals surface area contributed by atoms with Crippen LogP contribution in [0.4, 0.5) is 0 Å². The summed E-state index contributed by atoms with van der Waals surface area (Å²) in [4.78, 5) is 29.2. The van der Waals surface area contributed by atoms with Gasteiger partial charge in [0.25, 0.3) is 5.56 Å². The monoisotopic (exact) mass is 289 g/mol. The number of thioether (sulfide) groups is 1. The number of carboxylic acids is 1. The van der Waals surface area contributed by atoms with E-state index in [1.807, 2.05) is 30.3 Å². The summed E-state index contributed by atoms with van der Waals surface area (Å²) in [5.74, 6) is -0.603. The number of H-pyrrole nitrogens is 1. The van der Waals surface area contributed by atoms with Gasteiger partial charge in [-0.3, -0.25) is 4.79 Å². The average Bonchev–Trinajstić information content (AvgIpc) is 2.41.